The number of nitrogens with zero attached hydrogens (tertiary/aromatic N) is 2. The number of benzene rings is 1. The molecule has 0 aliphatic heterocycles. The first-order valence-corrected chi connectivity index (χ1v) is 6.13. The van der Waals surface area contributed by atoms with E-state index >= 15 is 0 Å². The molecule has 0 aromatic heterocycles. The summed E-state index contributed by atoms with van der Waals surface area (Å²) in [6.07, 6.45) is 0.840. The molecule has 0 fully saturated rings. The van der Waals surface area contributed by atoms with Gasteiger partial charge in [0.1, 0.15) is 0 Å². The van der Waals surface area contributed by atoms with Crippen LogP contribution in [0.4, 0.5) is 5.69 Å². The van der Waals surface area contributed by atoms with Gasteiger partial charge in [0.15, 0.2) is 0 Å². The number of nitrogens with one attached hydrogen (secondary N) is 1. The van der Waals surface area contributed by atoms with E-state index in [4.69, 9.17) is 0 Å². The summed E-state index contributed by atoms with van der Waals surface area (Å²) >= 11 is 0. The molecule has 0 aliphatic rings. The van der Waals surface area contributed by atoms with Gasteiger partial charge in [-0.1, -0.05) is 6.07 Å². The van der Waals surface area contributed by atoms with Crippen LogP contribution in [0, 0.1) is 17.0 Å². The van der Waals surface area contributed by atoms with Crippen LogP contribution in [0.5, 0.6) is 0 Å². The van der Waals surface area contributed by atoms with Crippen molar-refractivity contribution in [3.63, 3.8) is 0 Å². The monoisotopic (exact) mass is 265 g/mol. The zero-order chi connectivity index (χ0) is 14.4. The van der Waals surface area contributed by atoms with Crippen molar-refractivity contribution in [2.45, 2.75) is 13.3 Å². The first-order valence-electron chi connectivity index (χ1n) is 6.13. The van der Waals surface area contributed by atoms with Gasteiger partial charge in [-0.25, -0.2) is 0 Å². The molecule has 0 saturated heterocycles. The van der Waals surface area contributed by atoms with Gasteiger partial charge in [0, 0.05) is 30.8 Å². The van der Waals surface area contributed by atoms with E-state index in [0.29, 0.717) is 17.7 Å². The van der Waals surface area contributed by atoms with Gasteiger partial charge in [-0.15, -0.1) is 0 Å². The largest absolute Gasteiger partial charge is 0.342 e. The number of nitro benzene ring substituents is 1. The Balaban J connectivity index is 2.88. The van der Waals surface area contributed by atoms with Crippen molar-refractivity contribution in [1.82, 2.24) is 10.2 Å². The summed E-state index contributed by atoms with van der Waals surface area (Å²) in [7, 11) is 3.56. The van der Waals surface area contributed by atoms with Crippen LogP contribution < -0.4 is 5.32 Å². The fourth-order valence-corrected chi connectivity index (χ4v) is 1.85. The SMILES string of the molecule is CNCCCN(C)C(=O)c1cccc([N+](=O)[O-])c1C. The maximum atomic E-state index is 12.2. The number of rotatable bonds is 6. The van der Waals surface area contributed by atoms with E-state index in [-0.39, 0.29) is 11.6 Å². The quantitative estimate of drug-likeness (QED) is 0.481. The summed E-state index contributed by atoms with van der Waals surface area (Å²) in [6.45, 7) is 3.04. The molecule has 1 N–H and O–H groups in total. The van der Waals surface area contributed by atoms with Crippen LogP contribution in [0.1, 0.15) is 22.3 Å². The Bertz CT molecular complexity index is 474. The number of amides is 1. The molecule has 1 aromatic rings. The van der Waals surface area contributed by atoms with Crippen molar-refractivity contribution in [3.05, 3.63) is 39.4 Å². The van der Waals surface area contributed by atoms with Gasteiger partial charge in [-0.3, -0.25) is 14.9 Å². The van der Waals surface area contributed by atoms with Crippen molar-refractivity contribution in [2.75, 3.05) is 27.2 Å². The Hall–Kier alpha value is -1.95. The van der Waals surface area contributed by atoms with Crippen molar-refractivity contribution >= 4 is 11.6 Å². The Morgan fingerprint density at radius 1 is 1.47 bits per heavy atom. The number of carbonyl (C=O) groups is 1. The first kappa shape index (κ1) is 15.1. The predicted molar refractivity (Wildman–Crippen MR) is 73.3 cm³/mol. The van der Waals surface area contributed by atoms with Crippen LogP contribution in [-0.2, 0) is 0 Å². The van der Waals surface area contributed by atoms with Gasteiger partial charge in [0.25, 0.3) is 11.6 Å². The van der Waals surface area contributed by atoms with Gasteiger partial charge in [0.2, 0.25) is 0 Å². The second-order valence-electron chi connectivity index (χ2n) is 4.39. The van der Waals surface area contributed by atoms with Crippen molar-refractivity contribution < 1.29 is 9.72 Å². The molecular weight excluding hydrogens is 246 g/mol. The molecule has 0 saturated carbocycles. The van der Waals surface area contributed by atoms with Crippen LogP contribution in [0.15, 0.2) is 18.2 Å². The third-order valence-electron chi connectivity index (χ3n) is 3.00. The lowest BCUT2D eigenvalue weighted by Crippen LogP contribution is -2.30. The normalized spacial score (nSPS) is 10.3. The molecule has 1 rings (SSSR count). The molecule has 0 heterocycles. The van der Waals surface area contributed by atoms with Gasteiger partial charge in [-0.05, 0) is 33.0 Å². The molecular formula is C13H19N3O3. The fourth-order valence-electron chi connectivity index (χ4n) is 1.85. The Labute approximate surface area is 112 Å². The molecule has 0 unspecified atom stereocenters. The average molecular weight is 265 g/mol. The zero-order valence-electron chi connectivity index (χ0n) is 11.5. The number of carbonyl (C=O) groups excluding carboxylic acids is 1. The summed E-state index contributed by atoms with van der Waals surface area (Å²) < 4.78 is 0. The lowest BCUT2D eigenvalue weighted by Gasteiger charge is -2.18. The third kappa shape index (κ3) is 3.75. The maximum absolute atomic E-state index is 12.2. The standard InChI is InChI=1S/C13H19N3O3/c1-10-11(6-4-7-12(10)16(18)19)13(17)15(3)9-5-8-14-2/h4,6-7,14H,5,8-9H2,1-3H3. The molecule has 0 atom stereocenters. The van der Waals surface area contributed by atoms with Crippen molar-refractivity contribution in [1.29, 1.82) is 0 Å². The summed E-state index contributed by atoms with van der Waals surface area (Å²) in [5.41, 5.74) is 0.786. The van der Waals surface area contributed by atoms with E-state index in [1.807, 2.05) is 7.05 Å². The van der Waals surface area contributed by atoms with E-state index in [0.717, 1.165) is 13.0 Å². The Kier molecular flexibility index (Phi) is 5.44. The van der Waals surface area contributed by atoms with Crippen LogP contribution in [-0.4, -0.2) is 42.9 Å². The molecule has 0 bridgehead atoms. The lowest BCUT2D eigenvalue weighted by molar-refractivity contribution is -0.385. The summed E-state index contributed by atoms with van der Waals surface area (Å²) in [4.78, 5) is 24.2. The minimum Gasteiger partial charge on any atom is -0.342 e. The molecule has 0 aliphatic carbocycles. The summed E-state index contributed by atoms with van der Waals surface area (Å²) in [5, 5.41) is 13.9. The molecule has 19 heavy (non-hydrogen) atoms. The molecule has 1 aromatic carbocycles. The molecule has 1 amide bonds. The smallest absolute Gasteiger partial charge is 0.273 e. The highest BCUT2D eigenvalue weighted by Gasteiger charge is 2.20. The molecule has 6 heteroatoms. The van der Waals surface area contributed by atoms with E-state index < -0.39 is 4.92 Å². The molecule has 104 valence electrons. The van der Waals surface area contributed by atoms with Crippen LogP contribution >= 0.6 is 0 Å². The van der Waals surface area contributed by atoms with Crippen molar-refractivity contribution in [3.8, 4) is 0 Å². The topological polar surface area (TPSA) is 75.5 Å². The molecule has 0 spiro atoms. The van der Waals surface area contributed by atoms with Gasteiger partial charge in [0.05, 0.1) is 4.92 Å². The van der Waals surface area contributed by atoms with Gasteiger partial charge in [-0.2, -0.15) is 0 Å². The summed E-state index contributed by atoms with van der Waals surface area (Å²) in [5.74, 6) is -0.183. The second-order valence-corrected chi connectivity index (χ2v) is 4.39. The minimum atomic E-state index is -0.465. The van der Waals surface area contributed by atoms with E-state index in [1.165, 1.54) is 6.07 Å². The fraction of sp³-hybridized carbons (Fsp3) is 0.462. The van der Waals surface area contributed by atoms with Crippen LogP contribution in [0.25, 0.3) is 0 Å². The van der Waals surface area contributed by atoms with E-state index in [9.17, 15) is 14.9 Å². The lowest BCUT2D eigenvalue weighted by atomic mass is 10.1. The zero-order valence-corrected chi connectivity index (χ0v) is 11.5. The number of nitro groups is 1. The molecule has 6 nitrogen and oxygen atoms in total. The third-order valence-corrected chi connectivity index (χ3v) is 3.00. The Morgan fingerprint density at radius 2 is 2.16 bits per heavy atom. The van der Waals surface area contributed by atoms with Crippen LogP contribution in [0.3, 0.4) is 0 Å². The van der Waals surface area contributed by atoms with Gasteiger partial charge < -0.3 is 10.2 Å². The van der Waals surface area contributed by atoms with E-state index in [1.54, 1.807) is 31.0 Å². The molecule has 0 radical (unpaired) electrons. The first-order chi connectivity index (χ1) is 8.99. The highest BCUT2D eigenvalue weighted by atomic mass is 16.6. The highest BCUT2D eigenvalue weighted by molar-refractivity contribution is 5.96. The maximum Gasteiger partial charge on any atom is 0.273 e. The second kappa shape index (κ2) is 6.84. The van der Waals surface area contributed by atoms with Crippen molar-refractivity contribution in [2.24, 2.45) is 0 Å². The van der Waals surface area contributed by atoms with Gasteiger partial charge >= 0.3 is 0 Å². The predicted octanol–water partition coefficient (Wildman–Crippen LogP) is 1.58. The van der Waals surface area contributed by atoms with E-state index in [2.05, 4.69) is 5.32 Å². The summed E-state index contributed by atoms with van der Waals surface area (Å²) in [6, 6.07) is 4.58. The van der Waals surface area contributed by atoms with Crippen LogP contribution in [0.2, 0.25) is 0 Å². The number of hydrogen-bond donors (Lipinski definition) is 1. The average Bonchev–Trinajstić information content (AvgIpc) is 2.38. The highest BCUT2D eigenvalue weighted by Crippen LogP contribution is 2.22. The Morgan fingerprint density at radius 3 is 2.74 bits per heavy atom. The minimum absolute atomic E-state index is 0.0190. The number of hydrogen-bond acceptors (Lipinski definition) is 4.